The van der Waals surface area contributed by atoms with E-state index in [4.69, 9.17) is 27.9 Å². The lowest BCUT2D eigenvalue weighted by Crippen LogP contribution is -2.43. The number of nitrogens with one attached hydrogen (secondary N) is 1. The first-order valence-electron chi connectivity index (χ1n) is 7.48. The molecule has 1 spiro atoms. The fourth-order valence-electron chi connectivity index (χ4n) is 3.44. The molecule has 1 aromatic carbocycles. The highest BCUT2D eigenvalue weighted by atomic mass is 35.5. The summed E-state index contributed by atoms with van der Waals surface area (Å²) in [5.41, 5.74) is -0.172. The first-order chi connectivity index (χ1) is 10.5. The van der Waals surface area contributed by atoms with Crippen molar-refractivity contribution in [2.75, 3.05) is 5.32 Å². The Morgan fingerprint density at radius 1 is 1.23 bits per heavy atom. The zero-order valence-electron chi connectivity index (χ0n) is 12.0. The predicted octanol–water partition coefficient (Wildman–Crippen LogP) is 4.20. The van der Waals surface area contributed by atoms with Crippen LogP contribution in [0.15, 0.2) is 18.2 Å². The van der Waals surface area contributed by atoms with Crippen molar-refractivity contribution >= 4 is 40.8 Å². The van der Waals surface area contributed by atoms with Gasteiger partial charge in [-0.2, -0.15) is 0 Å². The Hall–Kier alpha value is -1.26. The van der Waals surface area contributed by atoms with Gasteiger partial charge in [-0.25, -0.2) is 0 Å². The van der Waals surface area contributed by atoms with E-state index in [1.165, 1.54) is 0 Å². The molecule has 118 valence electrons. The van der Waals surface area contributed by atoms with Gasteiger partial charge in [-0.15, -0.1) is 0 Å². The van der Waals surface area contributed by atoms with Crippen LogP contribution in [0.3, 0.4) is 0 Å². The maximum absolute atomic E-state index is 12.7. The Morgan fingerprint density at radius 2 is 1.95 bits per heavy atom. The van der Waals surface area contributed by atoms with Gasteiger partial charge < -0.3 is 10.1 Å². The van der Waals surface area contributed by atoms with Crippen LogP contribution >= 0.6 is 23.2 Å². The zero-order valence-corrected chi connectivity index (χ0v) is 13.5. The molecule has 2 fully saturated rings. The van der Waals surface area contributed by atoms with E-state index in [0.29, 0.717) is 15.7 Å². The summed E-state index contributed by atoms with van der Waals surface area (Å²) in [5, 5.41) is 3.71. The minimum absolute atomic E-state index is 0.129. The Kier molecular flexibility index (Phi) is 4.33. The van der Waals surface area contributed by atoms with Crippen molar-refractivity contribution in [3.05, 3.63) is 28.2 Å². The van der Waals surface area contributed by atoms with E-state index in [1.54, 1.807) is 18.2 Å². The van der Waals surface area contributed by atoms with Gasteiger partial charge in [-0.05, 0) is 43.9 Å². The average molecular weight is 342 g/mol. The number of benzene rings is 1. The number of carbonyl (C=O) groups is 2. The number of hydrogen-bond acceptors (Lipinski definition) is 3. The molecule has 1 saturated heterocycles. The highest BCUT2D eigenvalue weighted by Crippen LogP contribution is 2.44. The van der Waals surface area contributed by atoms with Gasteiger partial charge >= 0.3 is 5.97 Å². The number of ether oxygens (including phenoxy) is 1. The largest absolute Gasteiger partial charge is 0.458 e. The first-order valence-corrected chi connectivity index (χ1v) is 8.23. The van der Waals surface area contributed by atoms with Gasteiger partial charge in [-0.3, -0.25) is 9.59 Å². The zero-order chi connectivity index (χ0) is 15.7. The summed E-state index contributed by atoms with van der Waals surface area (Å²) < 4.78 is 5.56. The van der Waals surface area contributed by atoms with Crippen LogP contribution in [0.25, 0.3) is 0 Å². The fraction of sp³-hybridized carbons (Fsp3) is 0.500. The van der Waals surface area contributed by atoms with Gasteiger partial charge in [0.05, 0.1) is 23.0 Å². The van der Waals surface area contributed by atoms with E-state index in [1.807, 2.05) is 0 Å². The van der Waals surface area contributed by atoms with E-state index < -0.39 is 11.5 Å². The van der Waals surface area contributed by atoms with Crippen LogP contribution < -0.4 is 5.32 Å². The van der Waals surface area contributed by atoms with Crippen molar-refractivity contribution in [1.29, 1.82) is 0 Å². The van der Waals surface area contributed by atoms with E-state index in [2.05, 4.69) is 5.32 Å². The Balaban J connectivity index is 1.81. The topological polar surface area (TPSA) is 55.4 Å². The van der Waals surface area contributed by atoms with E-state index >= 15 is 0 Å². The van der Waals surface area contributed by atoms with E-state index in [0.717, 1.165) is 32.1 Å². The Labute approximate surface area is 139 Å². The minimum atomic E-state index is -0.634. The molecular formula is C16H17Cl2NO3. The summed E-state index contributed by atoms with van der Waals surface area (Å²) in [6.07, 6.45) is 4.71. The highest BCUT2D eigenvalue weighted by Gasteiger charge is 2.52. The van der Waals surface area contributed by atoms with Gasteiger partial charge in [0.15, 0.2) is 0 Å². The third kappa shape index (κ3) is 2.95. The molecule has 0 radical (unpaired) electrons. The van der Waals surface area contributed by atoms with Gasteiger partial charge in [0, 0.05) is 5.02 Å². The van der Waals surface area contributed by atoms with Gasteiger partial charge in [0.1, 0.15) is 5.60 Å². The third-order valence-electron chi connectivity index (χ3n) is 4.53. The quantitative estimate of drug-likeness (QED) is 0.820. The molecule has 1 aliphatic carbocycles. The van der Waals surface area contributed by atoms with Crippen LogP contribution in [0, 0.1) is 5.92 Å². The summed E-state index contributed by atoms with van der Waals surface area (Å²) in [5.74, 6) is -0.980. The summed E-state index contributed by atoms with van der Waals surface area (Å²) in [4.78, 5) is 24.4. The molecule has 1 amide bonds. The van der Waals surface area contributed by atoms with Crippen molar-refractivity contribution < 1.29 is 14.3 Å². The molecule has 1 aliphatic heterocycles. The van der Waals surface area contributed by atoms with Crippen LogP contribution in [0.4, 0.5) is 5.69 Å². The second kappa shape index (κ2) is 6.09. The van der Waals surface area contributed by atoms with Crippen LogP contribution in [-0.4, -0.2) is 17.5 Å². The van der Waals surface area contributed by atoms with Gasteiger partial charge in [0.25, 0.3) is 0 Å². The fourth-order valence-corrected chi connectivity index (χ4v) is 3.77. The smallest absolute Gasteiger partial charge is 0.307 e. The summed E-state index contributed by atoms with van der Waals surface area (Å²) >= 11 is 12.0. The van der Waals surface area contributed by atoms with Crippen LogP contribution in [0.1, 0.15) is 38.5 Å². The molecule has 6 heteroatoms. The molecular weight excluding hydrogens is 325 g/mol. The van der Waals surface area contributed by atoms with Crippen LogP contribution in [-0.2, 0) is 14.3 Å². The molecule has 0 bridgehead atoms. The minimum Gasteiger partial charge on any atom is -0.458 e. The second-order valence-corrected chi connectivity index (χ2v) is 6.81. The van der Waals surface area contributed by atoms with Crippen LogP contribution in [0.2, 0.25) is 10.0 Å². The van der Waals surface area contributed by atoms with E-state index in [9.17, 15) is 9.59 Å². The van der Waals surface area contributed by atoms with Gasteiger partial charge in [0.2, 0.25) is 5.91 Å². The van der Waals surface area contributed by atoms with E-state index in [-0.39, 0.29) is 18.3 Å². The first kappa shape index (κ1) is 15.6. The lowest BCUT2D eigenvalue weighted by molar-refractivity contribution is -0.153. The molecule has 22 heavy (non-hydrogen) atoms. The monoisotopic (exact) mass is 341 g/mol. The molecule has 3 rings (SSSR count). The number of rotatable bonds is 2. The molecule has 1 heterocycles. The van der Waals surface area contributed by atoms with Crippen molar-refractivity contribution in [3.63, 3.8) is 0 Å². The van der Waals surface area contributed by atoms with Gasteiger partial charge in [-0.1, -0.05) is 29.6 Å². The summed E-state index contributed by atoms with van der Waals surface area (Å²) in [7, 11) is 0. The molecule has 2 aliphatic rings. The summed E-state index contributed by atoms with van der Waals surface area (Å²) in [6.45, 7) is 0. The lowest BCUT2D eigenvalue weighted by atomic mass is 9.75. The number of carbonyl (C=O) groups excluding carboxylic acids is 2. The average Bonchev–Trinajstić information content (AvgIpc) is 2.80. The molecule has 1 aromatic rings. The number of esters is 1. The molecule has 1 unspecified atom stereocenters. The third-order valence-corrected chi connectivity index (χ3v) is 5.09. The number of halogens is 2. The molecule has 4 nitrogen and oxygen atoms in total. The standard InChI is InChI=1S/C16H17Cl2NO3/c17-10-4-5-12(18)13(8-10)19-15(21)11-9-14(20)22-16(11)6-2-1-3-7-16/h4-5,8,11H,1-3,6-7,9H2,(H,19,21). The predicted molar refractivity (Wildman–Crippen MR) is 85.1 cm³/mol. The molecule has 1 atom stereocenters. The Bertz CT molecular complexity index is 611. The highest BCUT2D eigenvalue weighted by molar-refractivity contribution is 6.35. The summed E-state index contributed by atoms with van der Waals surface area (Å²) in [6, 6.07) is 4.89. The molecule has 0 aromatic heterocycles. The van der Waals surface area contributed by atoms with Crippen molar-refractivity contribution in [2.24, 2.45) is 5.92 Å². The lowest BCUT2D eigenvalue weighted by Gasteiger charge is -2.36. The number of anilines is 1. The SMILES string of the molecule is O=C1CC(C(=O)Nc2cc(Cl)ccc2Cl)C2(CCCCC2)O1. The maximum atomic E-state index is 12.7. The molecule has 1 saturated carbocycles. The number of amides is 1. The maximum Gasteiger partial charge on any atom is 0.307 e. The van der Waals surface area contributed by atoms with Crippen molar-refractivity contribution in [2.45, 2.75) is 44.1 Å². The molecule has 1 N–H and O–H groups in total. The second-order valence-electron chi connectivity index (χ2n) is 5.97. The Morgan fingerprint density at radius 3 is 2.68 bits per heavy atom. The van der Waals surface area contributed by atoms with Crippen LogP contribution in [0.5, 0.6) is 0 Å². The normalized spacial score (nSPS) is 23.4. The van der Waals surface area contributed by atoms with Crippen molar-refractivity contribution in [3.8, 4) is 0 Å². The number of hydrogen-bond donors (Lipinski definition) is 1. The van der Waals surface area contributed by atoms with Crippen molar-refractivity contribution in [1.82, 2.24) is 0 Å².